The maximum Gasteiger partial charge on any atom is 0.238 e. The van der Waals surface area contributed by atoms with Crippen molar-refractivity contribution in [2.24, 2.45) is 0 Å². The summed E-state index contributed by atoms with van der Waals surface area (Å²) in [6.45, 7) is 4.31. The first-order valence-electron chi connectivity index (χ1n) is 8.13. The van der Waals surface area contributed by atoms with E-state index in [1.807, 2.05) is 30.1 Å². The molecule has 0 radical (unpaired) electrons. The van der Waals surface area contributed by atoms with Gasteiger partial charge in [0.25, 0.3) is 0 Å². The van der Waals surface area contributed by atoms with Gasteiger partial charge in [0.05, 0.1) is 31.1 Å². The molecule has 5 nitrogen and oxygen atoms in total. The van der Waals surface area contributed by atoms with E-state index in [4.69, 9.17) is 4.74 Å². The Morgan fingerprint density at radius 1 is 1.29 bits per heavy atom. The predicted molar refractivity (Wildman–Crippen MR) is 98.8 cm³/mol. The van der Waals surface area contributed by atoms with E-state index in [0.717, 1.165) is 44.2 Å². The van der Waals surface area contributed by atoms with E-state index in [1.165, 1.54) is 5.56 Å². The molecular formula is C18H23N3O2S. The molecule has 0 aliphatic carbocycles. The van der Waals surface area contributed by atoms with E-state index in [-0.39, 0.29) is 5.91 Å². The Hall–Kier alpha value is -1.89. The van der Waals surface area contributed by atoms with Gasteiger partial charge < -0.3 is 15.0 Å². The molecule has 0 bridgehead atoms. The Morgan fingerprint density at radius 3 is 2.83 bits per heavy atom. The van der Waals surface area contributed by atoms with Crippen LogP contribution in [0.3, 0.4) is 0 Å². The second-order valence-electron chi connectivity index (χ2n) is 5.97. The first kappa shape index (κ1) is 17.0. The maximum atomic E-state index is 12.4. The highest BCUT2D eigenvalue weighted by Crippen LogP contribution is 2.26. The molecule has 1 saturated heterocycles. The molecule has 128 valence electrons. The SMILES string of the molecule is CN(CC(=O)Nc1ccccc1N1CCOCC1)Cc1ccsc1. The summed E-state index contributed by atoms with van der Waals surface area (Å²) in [6.07, 6.45) is 0. The highest BCUT2D eigenvalue weighted by Gasteiger charge is 2.16. The van der Waals surface area contributed by atoms with Crippen LogP contribution in [-0.2, 0) is 16.1 Å². The number of morpholine rings is 1. The van der Waals surface area contributed by atoms with Crippen LogP contribution in [0.5, 0.6) is 0 Å². The van der Waals surface area contributed by atoms with Crippen LogP contribution in [0.2, 0.25) is 0 Å². The molecule has 1 aromatic carbocycles. The lowest BCUT2D eigenvalue weighted by molar-refractivity contribution is -0.117. The fraction of sp³-hybridized carbons (Fsp3) is 0.389. The molecule has 2 aromatic rings. The van der Waals surface area contributed by atoms with Crippen LogP contribution in [0, 0.1) is 0 Å². The largest absolute Gasteiger partial charge is 0.378 e. The number of carbonyl (C=O) groups excluding carboxylic acids is 1. The summed E-state index contributed by atoms with van der Waals surface area (Å²) in [4.78, 5) is 16.7. The van der Waals surface area contributed by atoms with Crippen molar-refractivity contribution < 1.29 is 9.53 Å². The van der Waals surface area contributed by atoms with Crippen LogP contribution in [0.25, 0.3) is 0 Å². The molecule has 1 aromatic heterocycles. The molecule has 2 heterocycles. The van der Waals surface area contributed by atoms with Crippen molar-refractivity contribution in [3.05, 3.63) is 46.7 Å². The van der Waals surface area contributed by atoms with Gasteiger partial charge in [-0.2, -0.15) is 11.3 Å². The summed E-state index contributed by atoms with van der Waals surface area (Å²) in [5.41, 5.74) is 3.17. The Kier molecular flexibility index (Phi) is 5.85. The third-order valence-electron chi connectivity index (χ3n) is 3.98. The summed E-state index contributed by atoms with van der Waals surface area (Å²) < 4.78 is 5.41. The maximum absolute atomic E-state index is 12.4. The lowest BCUT2D eigenvalue weighted by Crippen LogP contribution is -2.37. The van der Waals surface area contributed by atoms with Gasteiger partial charge >= 0.3 is 0 Å². The van der Waals surface area contributed by atoms with Crippen LogP contribution in [0.15, 0.2) is 41.1 Å². The van der Waals surface area contributed by atoms with Crippen LogP contribution in [-0.4, -0.2) is 50.7 Å². The number of hydrogen-bond acceptors (Lipinski definition) is 5. The zero-order valence-electron chi connectivity index (χ0n) is 13.9. The molecular weight excluding hydrogens is 322 g/mol. The number of anilines is 2. The Morgan fingerprint density at radius 2 is 2.08 bits per heavy atom. The average Bonchev–Trinajstić information content (AvgIpc) is 3.09. The molecule has 1 aliphatic rings. The highest BCUT2D eigenvalue weighted by molar-refractivity contribution is 7.07. The van der Waals surface area contributed by atoms with E-state index in [0.29, 0.717) is 6.54 Å². The van der Waals surface area contributed by atoms with E-state index in [1.54, 1.807) is 11.3 Å². The monoisotopic (exact) mass is 345 g/mol. The Balaban J connectivity index is 1.59. The molecule has 0 unspecified atom stereocenters. The number of thiophene rings is 1. The highest BCUT2D eigenvalue weighted by atomic mass is 32.1. The van der Waals surface area contributed by atoms with Gasteiger partial charge in [0.1, 0.15) is 0 Å². The zero-order valence-corrected chi connectivity index (χ0v) is 14.7. The van der Waals surface area contributed by atoms with Gasteiger partial charge in [-0.25, -0.2) is 0 Å². The van der Waals surface area contributed by atoms with Crippen molar-refractivity contribution >= 4 is 28.6 Å². The normalized spacial score (nSPS) is 14.8. The molecule has 1 aliphatic heterocycles. The molecule has 1 N–H and O–H groups in total. The zero-order chi connectivity index (χ0) is 16.8. The quantitative estimate of drug-likeness (QED) is 0.874. The van der Waals surface area contributed by atoms with Crippen molar-refractivity contribution in [1.29, 1.82) is 0 Å². The minimum Gasteiger partial charge on any atom is -0.378 e. The molecule has 0 atom stereocenters. The number of carbonyl (C=O) groups is 1. The summed E-state index contributed by atoms with van der Waals surface area (Å²) in [7, 11) is 1.96. The van der Waals surface area contributed by atoms with Crippen molar-refractivity contribution in [3.63, 3.8) is 0 Å². The van der Waals surface area contributed by atoms with Gasteiger partial charge in [0.2, 0.25) is 5.91 Å². The third-order valence-corrected chi connectivity index (χ3v) is 4.71. The lowest BCUT2D eigenvalue weighted by atomic mass is 10.2. The van der Waals surface area contributed by atoms with Gasteiger partial charge in [-0.1, -0.05) is 12.1 Å². The number of para-hydroxylation sites is 2. The van der Waals surface area contributed by atoms with Crippen LogP contribution in [0.1, 0.15) is 5.56 Å². The number of nitrogens with one attached hydrogen (secondary N) is 1. The summed E-state index contributed by atoms with van der Waals surface area (Å²) in [5.74, 6) is 0.00781. The number of likely N-dealkylation sites (N-methyl/N-ethyl adjacent to an activating group) is 1. The summed E-state index contributed by atoms with van der Waals surface area (Å²) in [5, 5.41) is 7.23. The molecule has 1 amide bonds. The van der Waals surface area contributed by atoms with Gasteiger partial charge in [-0.15, -0.1) is 0 Å². The van der Waals surface area contributed by atoms with Crippen LogP contribution in [0.4, 0.5) is 11.4 Å². The number of ether oxygens (including phenoxy) is 1. The van der Waals surface area contributed by atoms with Crippen LogP contribution >= 0.6 is 11.3 Å². The van der Waals surface area contributed by atoms with Gasteiger partial charge in [0.15, 0.2) is 0 Å². The smallest absolute Gasteiger partial charge is 0.238 e. The van der Waals surface area contributed by atoms with Gasteiger partial charge in [-0.3, -0.25) is 9.69 Å². The number of nitrogens with zero attached hydrogens (tertiary/aromatic N) is 2. The minimum atomic E-state index is 0.00781. The van der Waals surface area contributed by atoms with Crippen molar-refractivity contribution in [1.82, 2.24) is 4.90 Å². The standard InChI is InChI=1S/C18H23N3O2S/c1-20(12-15-6-11-24-14-15)13-18(22)19-16-4-2-3-5-17(16)21-7-9-23-10-8-21/h2-6,11,14H,7-10,12-13H2,1H3,(H,19,22). The summed E-state index contributed by atoms with van der Waals surface area (Å²) >= 11 is 1.68. The Bertz CT molecular complexity index is 654. The first-order chi connectivity index (χ1) is 11.7. The molecule has 3 rings (SSSR count). The number of benzene rings is 1. The minimum absolute atomic E-state index is 0.00781. The molecule has 1 fully saturated rings. The first-order valence-corrected chi connectivity index (χ1v) is 9.08. The number of amides is 1. The average molecular weight is 345 g/mol. The summed E-state index contributed by atoms with van der Waals surface area (Å²) in [6, 6.07) is 10.1. The third kappa shape index (κ3) is 4.56. The lowest BCUT2D eigenvalue weighted by Gasteiger charge is -2.30. The topological polar surface area (TPSA) is 44.8 Å². The second-order valence-corrected chi connectivity index (χ2v) is 6.75. The van der Waals surface area contributed by atoms with E-state index < -0.39 is 0 Å². The predicted octanol–water partition coefficient (Wildman–Crippen LogP) is 2.66. The van der Waals surface area contributed by atoms with Crippen LogP contribution < -0.4 is 10.2 Å². The number of rotatable bonds is 6. The Labute approximate surface area is 146 Å². The molecule has 0 spiro atoms. The van der Waals surface area contributed by atoms with Crippen molar-refractivity contribution in [2.45, 2.75) is 6.54 Å². The van der Waals surface area contributed by atoms with E-state index in [9.17, 15) is 4.79 Å². The van der Waals surface area contributed by atoms with Crippen molar-refractivity contribution in [2.75, 3.05) is 50.1 Å². The molecule has 6 heteroatoms. The van der Waals surface area contributed by atoms with Gasteiger partial charge in [0, 0.05) is 19.6 Å². The molecule has 24 heavy (non-hydrogen) atoms. The van der Waals surface area contributed by atoms with E-state index in [2.05, 4.69) is 33.1 Å². The second kappa shape index (κ2) is 8.28. The fourth-order valence-electron chi connectivity index (χ4n) is 2.84. The molecule has 0 saturated carbocycles. The van der Waals surface area contributed by atoms with Gasteiger partial charge in [-0.05, 0) is 41.6 Å². The van der Waals surface area contributed by atoms with Crippen molar-refractivity contribution in [3.8, 4) is 0 Å². The fourth-order valence-corrected chi connectivity index (χ4v) is 3.50. The number of hydrogen-bond donors (Lipinski definition) is 1. The van der Waals surface area contributed by atoms with E-state index >= 15 is 0 Å².